The number of nitrogens with zero attached hydrogens (tertiary/aromatic N) is 1. The minimum absolute atomic E-state index is 0.155. The highest BCUT2D eigenvalue weighted by Gasteiger charge is 2.16. The molecular weight excluding hydrogens is 354 g/mol. The van der Waals surface area contributed by atoms with Crippen LogP contribution in [0.5, 0.6) is 0 Å². The standard InChI is InChI=1S/C19H14ClN3OS/c1-21-19(24)12-6-4-5-11-16(12)23-18(13-9-10-25-17(11)13)22-15-8-3-2-7-14(15)20/h2-10H,1H3,(H,21,24)(H,22,23). The molecule has 0 saturated carbocycles. The van der Waals surface area contributed by atoms with Crippen LogP contribution in [-0.2, 0) is 0 Å². The van der Waals surface area contributed by atoms with Gasteiger partial charge in [-0.2, -0.15) is 0 Å². The monoisotopic (exact) mass is 367 g/mol. The molecule has 25 heavy (non-hydrogen) atoms. The van der Waals surface area contributed by atoms with Gasteiger partial charge in [0.15, 0.2) is 0 Å². The van der Waals surface area contributed by atoms with Crippen LogP contribution in [0.2, 0.25) is 5.02 Å². The number of hydrogen-bond acceptors (Lipinski definition) is 4. The molecule has 6 heteroatoms. The number of anilines is 2. The normalized spacial score (nSPS) is 11.0. The lowest BCUT2D eigenvalue weighted by Crippen LogP contribution is -2.18. The molecule has 2 aromatic carbocycles. The highest BCUT2D eigenvalue weighted by atomic mass is 35.5. The van der Waals surface area contributed by atoms with Crippen LogP contribution in [0, 0.1) is 0 Å². The van der Waals surface area contributed by atoms with Crippen molar-refractivity contribution < 1.29 is 4.79 Å². The van der Waals surface area contributed by atoms with Gasteiger partial charge < -0.3 is 10.6 Å². The quantitative estimate of drug-likeness (QED) is 0.523. The molecule has 2 heterocycles. The molecule has 0 spiro atoms. The van der Waals surface area contributed by atoms with Crippen LogP contribution in [0.1, 0.15) is 10.4 Å². The smallest absolute Gasteiger partial charge is 0.253 e. The van der Waals surface area contributed by atoms with E-state index in [2.05, 4.69) is 10.6 Å². The molecule has 2 aromatic heterocycles. The number of amides is 1. The van der Waals surface area contributed by atoms with Gasteiger partial charge >= 0.3 is 0 Å². The summed E-state index contributed by atoms with van der Waals surface area (Å²) < 4.78 is 1.09. The number of para-hydroxylation sites is 2. The first-order chi connectivity index (χ1) is 12.2. The van der Waals surface area contributed by atoms with Gasteiger partial charge in [0, 0.05) is 22.5 Å². The Bertz CT molecular complexity index is 1110. The molecule has 0 aliphatic carbocycles. The lowest BCUT2D eigenvalue weighted by Gasteiger charge is -2.12. The predicted octanol–water partition coefficient (Wildman–Crippen LogP) is 5.21. The highest BCUT2D eigenvalue weighted by molar-refractivity contribution is 7.18. The fourth-order valence-electron chi connectivity index (χ4n) is 2.83. The first-order valence-corrected chi connectivity index (χ1v) is 8.98. The summed E-state index contributed by atoms with van der Waals surface area (Å²) in [5.74, 6) is 0.533. The molecular formula is C19H14ClN3OS. The summed E-state index contributed by atoms with van der Waals surface area (Å²) in [5, 5.41) is 10.6. The second-order valence-corrected chi connectivity index (χ2v) is 6.83. The van der Waals surface area contributed by atoms with E-state index in [1.165, 1.54) is 0 Å². The molecule has 0 aliphatic heterocycles. The molecule has 2 N–H and O–H groups in total. The molecule has 0 unspecified atom stereocenters. The third-order valence-corrected chi connectivity index (χ3v) is 5.30. The first kappa shape index (κ1) is 15.9. The molecule has 4 nitrogen and oxygen atoms in total. The zero-order chi connectivity index (χ0) is 17.4. The number of hydrogen-bond donors (Lipinski definition) is 2. The molecule has 0 aliphatic rings. The van der Waals surface area contributed by atoms with Crippen molar-refractivity contribution in [3.05, 3.63) is 64.5 Å². The van der Waals surface area contributed by atoms with Crippen molar-refractivity contribution >= 4 is 61.3 Å². The van der Waals surface area contributed by atoms with E-state index in [1.54, 1.807) is 24.5 Å². The van der Waals surface area contributed by atoms with Gasteiger partial charge in [-0.25, -0.2) is 4.98 Å². The zero-order valence-electron chi connectivity index (χ0n) is 13.3. The molecule has 0 saturated heterocycles. The van der Waals surface area contributed by atoms with Crippen LogP contribution >= 0.6 is 22.9 Å². The molecule has 4 rings (SSSR count). The van der Waals surface area contributed by atoms with Gasteiger partial charge in [0.2, 0.25) is 0 Å². The minimum atomic E-state index is -0.155. The Morgan fingerprint density at radius 3 is 2.72 bits per heavy atom. The van der Waals surface area contributed by atoms with E-state index in [1.807, 2.05) is 47.8 Å². The van der Waals surface area contributed by atoms with Gasteiger partial charge in [0.25, 0.3) is 5.91 Å². The van der Waals surface area contributed by atoms with E-state index < -0.39 is 0 Å². The Morgan fingerprint density at radius 1 is 1.08 bits per heavy atom. The summed E-state index contributed by atoms with van der Waals surface area (Å²) in [7, 11) is 1.62. The summed E-state index contributed by atoms with van der Waals surface area (Å²) in [6.45, 7) is 0. The Hall–Kier alpha value is -2.63. The Labute approximate surface area is 153 Å². The highest BCUT2D eigenvalue weighted by Crippen LogP contribution is 2.36. The van der Waals surface area contributed by atoms with Crippen LogP contribution in [0.4, 0.5) is 11.5 Å². The predicted molar refractivity (Wildman–Crippen MR) is 105 cm³/mol. The molecule has 0 fully saturated rings. The summed E-state index contributed by atoms with van der Waals surface area (Å²) in [6, 6.07) is 15.2. The Balaban J connectivity index is 1.98. The van der Waals surface area contributed by atoms with Gasteiger partial charge in [0.1, 0.15) is 5.82 Å². The number of carbonyl (C=O) groups is 1. The van der Waals surface area contributed by atoms with Crippen molar-refractivity contribution in [3.63, 3.8) is 0 Å². The fourth-order valence-corrected chi connectivity index (χ4v) is 3.93. The van der Waals surface area contributed by atoms with Gasteiger partial charge in [-0.1, -0.05) is 35.9 Å². The minimum Gasteiger partial charge on any atom is -0.355 e. The third kappa shape index (κ3) is 2.71. The van der Waals surface area contributed by atoms with Gasteiger partial charge in [-0.15, -0.1) is 11.3 Å². The van der Waals surface area contributed by atoms with Crippen molar-refractivity contribution in [2.24, 2.45) is 0 Å². The molecule has 0 radical (unpaired) electrons. The number of nitrogens with one attached hydrogen (secondary N) is 2. The van der Waals surface area contributed by atoms with Crippen molar-refractivity contribution in [1.82, 2.24) is 10.3 Å². The first-order valence-electron chi connectivity index (χ1n) is 7.72. The van der Waals surface area contributed by atoms with E-state index in [9.17, 15) is 4.79 Å². The molecule has 1 amide bonds. The van der Waals surface area contributed by atoms with E-state index in [0.717, 1.165) is 21.2 Å². The van der Waals surface area contributed by atoms with E-state index >= 15 is 0 Å². The third-order valence-electron chi connectivity index (χ3n) is 4.02. The van der Waals surface area contributed by atoms with E-state index in [-0.39, 0.29) is 5.91 Å². The summed E-state index contributed by atoms with van der Waals surface area (Å²) >= 11 is 7.90. The SMILES string of the molecule is CNC(=O)c1cccc2c1nc(Nc1ccccc1Cl)c1ccsc12. The van der Waals surface area contributed by atoms with Crippen LogP contribution in [0.25, 0.3) is 21.0 Å². The van der Waals surface area contributed by atoms with E-state index in [4.69, 9.17) is 16.6 Å². The fraction of sp³-hybridized carbons (Fsp3) is 0.0526. The maximum Gasteiger partial charge on any atom is 0.253 e. The number of thiophene rings is 1. The van der Waals surface area contributed by atoms with E-state index in [0.29, 0.717) is 21.9 Å². The second kappa shape index (κ2) is 6.35. The number of carbonyl (C=O) groups excluding carboxylic acids is 1. The molecule has 0 atom stereocenters. The largest absolute Gasteiger partial charge is 0.355 e. The van der Waals surface area contributed by atoms with Gasteiger partial charge in [-0.3, -0.25) is 4.79 Å². The summed E-state index contributed by atoms with van der Waals surface area (Å²) in [4.78, 5) is 17.0. The van der Waals surface area contributed by atoms with Crippen LogP contribution in [-0.4, -0.2) is 17.9 Å². The average Bonchev–Trinajstić information content (AvgIpc) is 3.13. The molecule has 4 aromatic rings. The zero-order valence-corrected chi connectivity index (χ0v) is 14.9. The lowest BCUT2D eigenvalue weighted by atomic mass is 10.1. The number of aromatic nitrogens is 1. The van der Waals surface area contributed by atoms with Crippen LogP contribution in [0.15, 0.2) is 53.9 Å². The second-order valence-electron chi connectivity index (χ2n) is 5.51. The number of pyridine rings is 1. The molecule has 124 valence electrons. The number of benzene rings is 2. The van der Waals surface area contributed by atoms with Gasteiger partial charge in [0.05, 0.1) is 21.8 Å². The summed E-state index contributed by atoms with van der Waals surface area (Å²) in [5.41, 5.74) is 2.00. The lowest BCUT2D eigenvalue weighted by molar-refractivity contribution is 0.0964. The average molecular weight is 368 g/mol. The Morgan fingerprint density at radius 2 is 1.92 bits per heavy atom. The van der Waals surface area contributed by atoms with Crippen LogP contribution in [0.3, 0.4) is 0 Å². The van der Waals surface area contributed by atoms with Crippen LogP contribution < -0.4 is 10.6 Å². The van der Waals surface area contributed by atoms with Crippen molar-refractivity contribution in [2.45, 2.75) is 0 Å². The maximum absolute atomic E-state index is 12.2. The summed E-state index contributed by atoms with van der Waals surface area (Å²) in [6.07, 6.45) is 0. The van der Waals surface area contributed by atoms with Gasteiger partial charge in [-0.05, 0) is 29.6 Å². The van der Waals surface area contributed by atoms with Crippen molar-refractivity contribution in [3.8, 4) is 0 Å². The van der Waals surface area contributed by atoms with Crippen molar-refractivity contribution in [1.29, 1.82) is 0 Å². The maximum atomic E-state index is 12.2. The number of fused-ring (bicyclic) bond motifs is 3. The number of rotatable bonds is 3. The topological polar surface area (TPSA) is 54.0 Å². The Kier molecular flexibility index (Phi) is 4.03. The number of halogens is 1. The molecule has 0 bridgehead atoms. The van der Waals surface area contributed by atoms with Crippen molar-refractivity contribution in [2.75, 3.05) is 12.4 Å².